The van der Waals surface area contributed by atoms with E-state index in [-0.39, 0.29) is 24.3 Å². The first-order valence-electron chi connectivity index (χ1n) is 7.01. The largest absolute Gasteiger partial charge is 0.396 e. The molecule has 116 valence electrons. The van der Waals surface area contributed by atoms with Gasteiger partial charge >= 0.3 is 0 Å². The molecule has 0 aliphatic heterocycles. The van der Waals surface area contributed by atoms with Crippen molar-refractivity contribution in [2.24, 2.45) is 5.92 Å². The topological polar surface area (TPSA) is 121 Å². The first kappa shape index (κ1) is 14.2. The van der Waals surface area contributed by atoms with Gasteiger partial charge in [0.2, 0.25) is 5.91 Å². The third-order valence-corrected chi connectivity index (χ3v) is 3.62. The molecule has 2 aromatic rings. The summed E-state index contributed by atoms with van der Waals surface area (Å²) in [5, 5.41) is 14.4. The van der Waals surface area contributed by atoms with Crippen LogP contribution in [0.3, 0.4) is 0 Å². The van der Waals surface area contributed by atoms with Crippen LogP contribution < -0.4 is 11.1 Å². The Kier molecular flexibility index (Phi) is 3.39. The highest BCUT2D eigenvalue weighted by Gasteiger charge is 2.30. The Bertz CT molecular complexity index is 742. The maximum atomic E-state index is 12.2. The fraction of sp³-hybridized carbons (Fsp3) is 0.462. The number of nitrogens with two attached hydrogens (primary N) is 1. The molecule has 1 amide bonds. The number of hydrogen-bond donors (Lipinski definition) is 2. The van der Waals surface area contributed by atoms with Crippen LogP contribution in [-0.2, 0) is 11.3 Å². The normalized spacial score (nSPS) is 14.1. The van der Waals surface area contributed by atoms with Crippen molar-refractivity contribution in [3.05, 3.63) is 17.6 Å². The second-order valence-electron chi connectivity index (χ2n) is 5.45. The van der Waals surface area contributed by atoms with Crippen LogP contribution in [0.5, 0.6) is 0 Å². The molecule has 22 heavy (non-hydrogen) atoms. The van der Waals surface area contributed by atoms with Crippen LogP contribution in [0.15, 0.2) is 6.20 Å². The molecule has 0 saturated heterocycles. The summed E-state index contributed by atoms with van der Waals surface area (Å²) in [5.41, 5.74) is 7.53. The molecule has 1 saturated carbocycles. The summed E-state index contributed by atoms with van der Waals surface area (Å²) in [6, 6.07) is 0. The fourth-order valence-electron chi connectivity index (χ4n) is 2.11. The standard InChI is InChI=1S/C13H17N7O2/c1-7-12(14)8(2)20(17-7)11(21)6-19-5-10(16-18-19)15-13(22)9-3-4-9/h5,9H,3-4,6,14H2,1-2H3,(H,15,22). The lowest BCUT2D eigenvalue weighted by molar-refractivity contribution is -0.117. The Morgan fingerprint density at radius 3 is 2.73 bits per heavy atom. The number of carbonyl (C=O) groups is 2. The summed E-state index contributed by atoms with van der Waals surface area (Å²) in [4.78, 5) is 23.8. The highest BCUT2D eigenvalue weighted by atomic mass is 16.2. The Morgan fingerprint density at radius 1 is 1.41 bits per heavy atom. The highest BCUT2D eigenvalue weighted by Crippen LogP contribution is 2.29. The van der Waals surface area contributed by atoms with Crippen LogP contribution in [0.25, 0.3) is 0 Å². The van der Waals surface area contributed by atoms with Gasteiger partial charge in [-0.2, -0.15) is 5.10 Å². The van der Waals surface area contributed by atoms with E-state index in [1.807, 2.05) is 0 Å². The number of aromatic nitrogens is 5. The average molecular weight is 303 g/mol. The minimum Gasteiger partial charge on any atom is -0.396 e. The zero-order valence-electron chi connectivity index (χ0n) is 12.4. The molecule has 0 aromatic carbocycles. The van der Waals surface area contributed by atoms with Crippen molar-refractivity contribution in [3.8, 4) is 0 Å². The average Bonchev–Trinajstić information content (AvgIpc) is 3.20. The number of hydrogen-bond acceptors (Lipinski definition) is 6. The lowest BCUT2D eigenvalue weighted by atomic mass is 10.3. The maximum Gasteiger partial charge on any atom is 0.268 e. The number of aryl methyl sites for hydroxylation is 1. The fourth-order valence-corrected chi connectivity index (χ4v) is 2.11. The molecule has 9 nitrogen and oxygen atoms in total. The number of amides is 1. The van der Waals surface area contributed by atoms with Crippen molar-refractivity contribution in [2.45, 2.75) is 33.2 Å². The van der Waals surface area contributed by atoms with Gasteiger partial charge in [0.05, 0.1) is 23.3 Å². The van der Waals surface area contributed by atoms with Crippen LogP contribution in [-0.4, -0.2) is 36.6 Å². The molecule has 0 spiro atoms. The Morgan fingerprint density at radius 2 is 2.14 bits per heavy atom. The van der Waals surface area contributed by atoms with Crippen LogP contribution in [0.1, 0.15) is 29.0 Å². The van der Waals surface area contributed by atoms with E-state index in [4.69, 9.17) is 5.73 Å². The van der Waals surface area contributed by atoms with E-state index in [2.05, 4.69) is 20.7 Å². The second kappa shape index (κ2) is 5.24. The van der Waals surface area contributed by atoms with E-state index < -0.39 is 0 Å². The van der Waals surface area contributed by atoms with Crippen molar-refractivity contribution in [2.75, 3.05) is 11.1 Å². The third-order valence-electron chi connectivity index (χ3n) is 3.62. The van der Waals surface area contributed by atoms with Crippen molar-refractivity contribution < 1.29 is 9.59 Å². The Labute approximate surface area is 126 Å². The van der Waals surface area contributed by atoms with Gasteiger partial charge in [0.1, 0.15) is 6.54 Å². The molecule has 3 rings (SSSR count). The molecule has 2 aromatic heterocycles. The van der Waals surface area contributed by atoms with Gasteiger partial charge in [-0.3, -0.25) is 9.59 Å². The van der Waals surface area contributed by atoms with Gasteiger partial charge < -0.3 is 11.1 Å². The van der Waals surface area contributed by atoms with E-state index in [0.29, 0.717) is 22.9 Å². The molecule has 1 aliphatic carbocycles. The highest BCUT2D eigenvalue weighted by molar-refractivity contribution is 5.93. The Hall–Kier alpha value is -2.71. The number of anilines is 2. The van der Waals surface area contributed by atoms with Gasteiger partial charge in [-0.25, -0.2) is 9.36 Å². The zero-order valence-corrected chi connectivity index (χ0v) is 12.4. The molecule has 1 aliphatic rings. The lowest BCUT2D eigenvalue weighted by Crippen LogP contribution is -2.20. The Balaban J connectivity index is 1.67. The summed E-state index contributed by atoms with van der Waals surface area (Å²) in [6.45, 7) is 3.44. The predicted molar refractivity (Wildman–Crippen MR) is 78.1 cm³/mol. The van der Waals surface area contributed by atoms with Crippen LogP contribution >= 0.6 is 0 Å². The summed E-state index contributed by atoms with van der Waals surface area (Å²) < 4.78 is 2.62. The minimum absolute atomic E-state index is 0.0340. The van der Waals surface area contributed by atoms with Crippen molar-refractivity contribution in [1.82, 2.24) is 24.8 Å². The van der Waals surface area contributed by atoms with Gasteiger partial charge in [-0.1, -0.05) is 5.21 Å². The SMILES string of the molecule is Cc1nn(C(=O)Cn2cc(NC(=O)C3CC3)nn2)c(C)c1N. The van der Waals surface area contributed by atoms with Gasteiger partial charge in [0.25, 0.3) is 5.91 Å². The van der Waals surface area contributed by atoms with Crippen molar-refractivity contribution in [3.63, 3.8) is 0 Å². The van der Waals surface area contributed by atoms with E-state index in [1.165, 1.54) is 15.6 Å². The zero-order chi connectivity index (χ0) is 15.9. The predicted octanol–water partition coefficient (Wildman–Crippen LogP) is 0.363. The van der Waals surface area contributed by atoms with Gasteiger partial charge in [0.15, 0.2) is 5.82 Å². The molecule has 0 atom stereocenters. The molecule has 0 radical (unpaired) electrons. The summed E-state index contributed by atoms with van der Waals surface area (Å²) in [7, 11) is 0. The minimum atomic E-state index is -0.276. The van der Waals surface area contributed by atoms with Crippen molar-refractivity contribution in [1.29, 1.82) is 0 Å². The van der Waals surface area contributed by atoms with E-state index in [1.54, 1.807) is 13.8 Å². The first-order valence-corrected chi connectivity index (χ1v) is 7.01. The lowest BCUT2D eigenvalue weighted by Gasteiger charge is -2.02. The molecule has 1 fully saturated rings. The van der Waals surface area contributed by atoms with Crippen molar-refractivity contribution >= 4 is 23.3 Å². The molecule has 2 heterocycles. The maximum absolute atomic E-state index is 12.2. The van der Waals surface area contributed by atoms with Crippen LogP contribution in [0.4, 0.5) is 11.5 Å². The van der Waals surface area contributed by atoms with Gasteiger partial charge in [-0.05, 0) is 26.7 Å². The van der Waals surface area contributed by atoms with Crippen LogP contribution in [0, 0.1) is 19.8 Å². The third kappa shape index (κ3) is 2.69. The number of nitrogens with one attached hydrogen (secondary N) is 1. The molecule has 0 unspecified atom stereocenters. The van der Waals surface area contributed by atoms with Gasteiger partial charge in [-0.15, -0.1) is 5.10 Å². The molecule has 9 heteroatoms. The summed E-state index contributed by atoms with van der Waals surface area (Å²) >= 11 is 0. The number of nitrogen functional groups attached to an aromatic ring is 1. The molecule has 0 bridgehead atoms. The number of rotatable bonds is 4. The quantitative estimate of drug-likeness (QED) is 0.841. The molecular formula is C13H17N7O2. The number of nitrogens with zero attached hydrogens (tertiary/aromatic N) is 5. The molecule has 3 N–H and O–H groups in total. The second-order valence-corrected chi connectivity index (χ2v) is 5.45. The smallest absolute Gasteiger partial charge is 0.268 e. The van der Waals surface area contributed by atoms with Crippen LogP contribution in [0.2, 0.25) is 0 Å². The number of carbonyl (C=O) groups excluding carboxylic acids is 2. The first-order chi connectivity index (χ1) is 10.5. The monoisotopic (exact) mass is 303 g/mol. The summed E-state index contributed by atoms with van der Waals surface area (Å²) in [6.07, 6.45) is 3.35. The van der Waals surface area contributed by atoms with E-state index >= 15 is 0 Å². The molecular weight excluding hydrogens is 286 g/mol. The summed E-state index contributed by atoms with van der Waals surface area (Å²) in [5.74, 6) is 0.106. The van der Waals surface area contributed by atoms with Gasteiger partial charge in [0, 0.05) is 5.92 Å². The van der Waals surface area contributed by atoms with E-state index in [0.717, 1.165) is 12.8 Å². The van der Waals surface area contributed by atoms with E-state index in [9.17, 15) is 9.59 Å².